The predicted octanol–water partition coefficient (Wildman–Crippen LogP) is 6.14. The van der Waals surface area contributed by atoms with Gasteiger partial charge in [0.25, 0.3) is 0 Å². The number of fused-ring (bicyclic) bond motifs is 6. The average Bonchev–Trinajstić information content (AvgIpc) is 3.46. The SMILES string of the molecule is [2H]c1c(C)[n+](C)c(-c2cc3c(cc2C)C2CCC3C2)c2ccc([Si](C)(C)c3ccccc3)cc12. The van der Waals surface area contributed by atoms with Crippen molar-refractivity contribution in [3.8, 4) is 11.3 Å². The number of benzene rings is 3. The van der Waals surface area contributed by atoms with Gasteiger partial charge in [0.15, 0.2) is 5.69 Å². The predicted molar refractivity (Wildman–Crippen MR) is 143 cm³/mol. The van der Waals surface area contributed by atoms with Crippen molar-refractivity contribution < 1.29 is 5.94 Å². The molecule has 2 aliphatic rings. The lowest BCUT2D eigenvalue weighted by atomic mass is 9.87. The number of pyridine rings is 1. The van der Waals surface area contributed by atoms with Crippen LogP contribution in [0, 0.1) is 13.8 Å². The number of nitrogens with zero attached hydrogens (tertiary/aromatic N) is 1. The molecule has 3 aromatic carbocycles. The lowest BCUT2D eigenvalue weighted by Gasteiger charge is -2.24. The van der Waals surface area contributed by atoms with Gasteiger partial charge in [0, 0.05) is 13.0 Å². The lowest BCUT2D eigenvalue weighted by Crippen LogP contribution is -2.52. The molecule has 1 heterocycles. The fourth-order valence-electron chi connectivity index (χ4n) is 6.47. The molecule has 2 unspecified atom stereocenters. The molecule has 2 aliphatic carbocycles. The summed E-state index contributed by atoms with van der Waals surface area (Å²) in [7, 11) is 0.289. The fraction of sp³-hybridized carbons (Fsp3) is 0.323. The summed E-state index contributed by atoms with van der Waals surface area (Å²) in [6, 6.07) is 23.5. The van der Waals surface area contributed by atoms with Crippen molar-refractivity contribution in [1.82, 2.24) is 0 Å². The van der Waals surface area contributed by atoms with Crippen molar-refractivity contribution in [3.05, 3.63) is 89.1 Å². The summed E-state index contributed by atoms with van der Waals surface area (Å²) in [5.74, 6) is 1.53. The third-order valence-electron chi connectivity index (χ3n) is 8.64. The molecule has 2 heteroatoms. The molecule has 1 fully saturated rings. The largest absolute Gasteiger partial charge is 0.220 e. The van der Waals surface area contributed by atoms with Gasteiger partial charge in [-0.2, -0.15) is 4.57 Å². The van der Waals surface area contributed by atoms with Crippen LogP contribution in [0.3, 0.4) is 0 Å². The first-order chi connectivity index (χ1) is 16.3. The number of hydrogen-bond acceptors (Lipinski definition) is 0. The Bertz CT molecular complexity index is 1450. The highest BCUT2D eigenvalue weighted by Gasteiger charge is 2.38. The van der Waals surface area contributed by atoms with E-state index in [0.717, 1.165) is 22.9 Å². The molecule has 0 saturated heterocycles. The molecular weight excluding hydrogens is 414 g/mol. The molecule has 166 valence electrons. The van der Waals surface area contributed by atoms with Gasteiger partial charge < -0.3 is 0 Å². The second-order valence-electron chi connectivity index (χ2n) is 10.9. The van der Waals surface area contributed by atoms with Gasteiger partial charge in [-0.25, -0.2) is 0 Å². The van der Waals surface area contributed by atoms with E-state index < -0.39 is 8.07 Å². The van der Waals surface area contributed by atoms with E-state index in [9.17, 15) is 0 Å². The molecule has 33 heavy (non-hydrogen) atoms. The zero-order valence-electron chi connectivity index (χ0n) is 21.5. The zero-order valence-corrected chi connectivity index (χ0v) is 21.5. The Hall–Kier alpha value is -2.71. The number of aromatic nitrogens is 1. The van der Waals surface area contributed by atoms with Gasteiger partial charge in [0.05, 0.1) is 12.3 Å². The van der Waals surface area contributed by atoms with Crippen LogP contribution in [0.15, 0.2) is 66.7 Å². The van der Waals surface area contributed by atoms with E-state index in [-0.39, 0.29) is 0 Å². The van der Waals surface area contributed by atoms with Crippen LogP contribution >= 0.6 is 0 Å². The summed E-state index contributed by atoms with van der Waals surface area (Å²) in [5.41, 5.74) is 8.19. The van der Waals surface area contributed by atoms with Crippen LogP contribution in [0.25, 0.3) is 22.0 Å². The quantitative estimate of drug-likeness (QED) is 0.261. The monoisotopic (exact) mass is 449 g/mol. The van der Waals surface area contributed by atoms with Gasteiger partial charge in [0.2, 0.25) is 5.69 Å². The highest BCUT2D eigenvalue weighted by atomic mass is 28.3. The molecule has 2 atom stereocenters. The van der Waals surface area contributed by atoms with Crippen molar-refractivity contribution in [3.63, 3.8) is 0 Å². The van der Waals surface area contributed by atoms with Crippen LogP contribution in [0.2, 0.25) is 13.1 Å². The number of rotatable bonds is 3. The fourth-order valence-corrected chi connectivity index (χ4v) is 8.84. The van der Waals surface area contributed by atoms with Crippen LogP contribution in [0.4, 0.5) is 0 Å². The maximum atomic E-state index is 9.03. The Kier molecular flexibility index (Phi) is 4.42. The highest BCUT2D eigenvalue weighted by Crippen LogP contribution is 2.54. The van der Waals surface area contributed by atoms with E-state index in [2.05, 4.69) is 99.2 Å². The molecule has 1 saturated carbocycles. The van der Waals surface area contributed by atoms with Crippen LogP contribution in [0.5, 0.6) is 0 Å². The molecule has 0 aliphatic heterocycles. The summed E-state index contributed by atoms with van der Waals surface area (Å²) in [6.07, 6.45) is 4.06. The molecule has 1 nitrogen and oxygen atoms in total. The van der Waals surface area contributed by atoms with Crippen LogP contribution in [0.1, 0.15) is 54.9 Å². The van der Waals surface area contributed by atoms with E-state index in [0.29, 0.717) is 6.04 Å². The Morgan fingerprint density at radius 3 is 2.30 bits per heavy atom. The topological polar surface area (TPSA) is 3.88 Å². The van der Waals surface area contributed by atoms with Crippen molar-refractivity contribution in [2.45, 2.75) is 58.0 Å². The summed E-state index contributed by atoms with van der Waals surface area (Å²) >= 11 is 0. The second kappa shape index (κ2) is 7.40. The standard InChI is InChI=1S/C31H34NSi/c1-20-15-29-22-11-12-23(17-22)30(29)19-28(20)31-27-14-13-26(18-24(27)16-21(2)32(31)3)33(4,5)25-9-7-6-8-10-25/h6-10,13-16,18-19,22-23H,11-12,17H2,1-5H3/q+1/i16D. The van der Waals surface area contributed by atoms with Gasteiger partial charge in [-0.15, -0.1) is 0 Å². The summed E-state index contributed by atoms with van der Waals surface area (Å²) in [5, 5.41) is 5.11. The molecule has 0 radical (unpaired) electrons. The van der Waals surface area contributed by atoms with Crippen molar-refractivity contribution in [1.29, 1.82) is 0 Å². The van der Waals surface area contributed by atoms with Gasteiger partial charge >= 0.3 is 0 Å². The summed E-state index contributed by atoms with van der Waals surface area (Å²) in [6.45, 7) is 9.21. The van der Waals surface area contributed by atoms with Crippen molar-refractivity contribution in [2.24, 2.45) is 7.05 Å². The van der Waals surface area contributed by atoms with E-state index in [1.165, 1.54) is 51.8 Å². The lowest BCUT2D eigenvalue weighted by molar-refractivity contribution is -0.665. The maximum Gasteiger partial charge on any atom is 0.220 e. The Balaban J connectivity index is 1.58. The minimum Gasteiger partial charge on any atom is -0.198 e. The number of hydrogen-bond donors (Lipinski definition) is 0. The molecule has 4 aromatic rings. The molecule has 0 N–H and O–H groups in total. The maximum absolute atomic E-state index is 9.03. The van der Waals surface area contributed by atoms with Crippen LogP contribution in [-0.2, 0) is 7.05 Å². The Morgan fingerprint density at radius 2 is 1.58 bits per heavy atom. The summed E-state index contributed by atoms with van der Waals surface area (Å²) < 4.78 is 11.3. The van der Waals surface area contributed by atoms with Gasteiger partial charge in [-0.1, -0.05) is 72.0 Å². The highest BCUT2D eigenvalue weighted by molar-refractivity contribution is 7.00. The first-order valence-corrected chi connectivity index (χ1v) is 15.4. The minimum absolute atomic E-state index is 0.652. The van der Waals surface area contributed by atoms with Crippen LogP contribution < -0.4 is 14.9 Å². The minimum atomic E-state index is -1.85. The van der Waals surface area contributed by atoms with Crippen molar-refractivity contribution >= 4 is 29.2 Å². The van der Waals surface area contributed by atoms with E-state index in [1.807, 2.05) is 0 Å². The number of aryl methyl sites for hydroxylation is 1. The third-order valence-corrected chi connectivity index (χ3v) is 12.2. The van der Waals surface area contributed by atoms with Gasteiger partial charge in [-0.05, 0) is 72.2 Å². The van der Waals surface area contributed by atoms with Gasteiger partial charge in [0.1, 0.15) is 15.1 Å². The molecule has 6 rings (SSSR count). The molecule has 0 spiro atoms. The van der Waals surface area contributed by atoms with Crippen LogP contribution in [-0.4, -0.2) is 8.07 Å². The molecule has 0 amide bonds. The van der Waals surface area contributed by atoms with Crippen molar-refractivity contribution in [2.75, 3.05) is 0 Å². The second-order valence-corrected chi connectivity index (χ2v) is 15.3. The van der Waals surface area contributed by atoms with E-state index in [4.69, 9.17) is 1.37 Å². The Morgan fingerprint density at radius 1 is 0.879 bits per heavy atom. The molecule has 2 bridgehead atoms. The molecular formula is C31H34NSi+. The average molecular weight is 450 g/mol. The third kappa shape index (κ3) is 3.14. The smallest absolute Gasteiger partial charge is 0.198 e. The molecule has 1 aromatic heterocycles. The first-order valence-electron chi connectivity index (χ1n) is 12.9. The van der Waals surface area contributed by atoms with E-state index >= 15 is 0 Å². The van der Waals surface area contributed by atoms with Gasteiger partial charge in [-0.3, -0.25) is 0 Å². The summed E-state index contributed by atoms with van der Waals surface area (Å²) in [4.78, 5) is 0. The Labute approximate surface area is 200 Å². The first kappa shape index (κ1) is 19.7. The zero-order chi connectivity index (χ0) is 23.8. The van der Waals surface area contributed by atoms with E-state index in [1.54, 1.807) is 11.1 Å². The normalized spacial score (nSPS) is 19.7.